The van der Waals surface area contributed by atoms with E-state index < -0.39 is 10.0 Å². The van der Waals surface area contributed by atoms with Crippen molar-refractivity contribution >= 4 is 38.0 Å². The number of nitrogens with one attached hydrogen (secondary N) is 1. The summed E-state index contributed by atoms with van der Waals surface area (Å²) in [6, 6.07) is 4.72. The average molecular weight is 325 g/mol. The van der Waals surface area contributed by atoms with Gasteiger partial charge in [0.2, 0.25) is 10.0 Å². The molecule has 0 unspecified atom stereocenters. The number of carbonyl (C=O) groups excluding carboxylic acids is 1. The van der Waals surface area contributed by atoms with E-state index in [-0.39, 0.29) is 10.7 Å². The predicted molar refractivity (Wildman–Crippen MR) is 82.7 cm³/mol. The van der Waals surface area contributed by atoms with Crippen LogP contribution in [0.2, 0.25) is 0 Å². The summed E-state index contributed by atoms with van der Waals surface area (Å²) in [6.07, 6.45) is 0. The lowest BCUT2D eigenvalue weighted by atomic mass is 10.2. The van der Waals surface area contributed by atoms with Gasteiger partial charge < -0.3 is 5.32 Å². The summed E-state index contributed by atoms with van der Waals surface area (Å²) in [5, 5.41) is 8.76. The van der Waals surface area contributed by atoms with Gasteiger partial charge in [-0.05, 0) is 37.6 Å². The minimum atomic E-state index is -3.72. The molecule has 0 aliphatic carbocycles. The molecule has 0 fully saturated rings. The lowest BCUT2D eigenvalue weighted by molar-refractivity contribution is 0.102. The lowest BCUT2D eigenvalue weighted by Gasteiger charge is -2.07. The molecule has 0 saturated heterocycles. The second-order valence-electron chi connectivity index (χ2n) is 4.64. The van der Waals surface area contributed by atoms with E-state index in [1.807, 2.05) is 0 Å². The second kappa shape index (κ2) is 5.55. The number of benzene rings is 1. The van der Waals surface area contributed by atoms with Gasteiger partial charge >= 0.3 is 0 Å². The van der Waals surface area contributed by atoms with Gasteiger partial charge in [0.05, 0.1) is 15.5 Å². The monoisotopic (exact) mass is 325 g/mol. The van der Waals surface area contributed by atoms with Crippen LogP contribution in [0.4, 0.5) is 10.8 Å². The number of nitrogens with two attached hydrogens (primary N) is 1. The smallest absolute Gasteiger partial charge is 0.238 e. The summed E-state index contributed by atoms with van der Waals surface area (Å²) in [4.78, 5) is 16.4. The number of ketones is 1. The summed E-state index contributed by atoms with van der Waals surface area (Å²) in [5.74, 6) is -0.0289. The van der Waals surface area contributed by atoms with Crippen LogP contribution in [0.1, 0.15) is 27.9 Å². The number of thiazole rings is 1. The van der Waals surface area contributed by atoms with E-state index in [9.17, 15) is 13.2 Å². The Hall–Kier alpha value is -1.77. The van der Waals surface area contributed by atoms with Gasteiger partial charge in [0.1, 0.15) is 0 Å². The van der Waals surface area contributed by atoms with E-state index in [1.165, 1.54) is 24.3 Å². The highest BCUT2D eigenvalue weighted by atomic mass is 32.2. The first-order valence-electron chi connectivity index (χ1n) is 6.07. The highest BCUT2D eigenvalue weighted by Gasteiger charge is 2.14. The molecular weight excluding hydrogens is 310 g/mol. The molecule has 2 aromatic rings. The van der Waals surface area contributed by atoms with Gasteiger partial charge in [0.25, 0.3) is 0 Å². The fourth-order valence-corrected chi connectivity index (χ4v) is 3.59. The zero-order chi connectivity index (χ0) is 15.8. The maximum atomic E-state index is 11.4. The number of rotatable bonds is 4. The maximum Gasteiger partial charge on any atom is 0.238 e. The number of Topliss-reactive ketones (excluding diaryl/α,β-unsaturated/α-hetero) is 1. The molecule has 6 nitrogen and oxygen atoms in total. The predicted octanol–water partition coefficient (Wildman–Crippen LogP) is 2.35. The van der Waals surface area contributed by atoms with Gasteiger partial charge in [-0.15, -0.1) is 0 Å². The van der Waals surface area contributed by atoms with Crippen molar-refractivity contribution in [2.45, 2.75) is 25.7 Å². The van der Waals surface area contributed by atoms with E-state index in [0.717, 1.165) is 0 Å². The molecule has 0 aliphatic heterocycles. The molecule has 1 heterocycles. The number of hydrogen-bond acceptors (Lipinski definition) is 6. The number of hydrogen-bond donors (Lipinski definition) is 2. The quantitative estimate of drug-likeness (QED) is 0.840. The number of anilines is 2. The molecule has 0 bridgehead atoms. The molecule has 0 aliphatic rings. The maximum absolute atomic E-state index is 11.4. The van der Waals surface area contributed by atoms with Crippen LogP contribution in [-0.4, -0.2) is 19.2 Å². The molecule has 0 radical (unpaired) electrons. The van der Waals surface area contributed by atoms with Gasteiger partial charge in [-0.25, -0.2) is 18.5 Å². The highest BCUT2D eigenvalue weighted by molar-refractivity contribution is 7.89. The fourth-order valence-electron chi connectivity index (χ4n) is 1.95. The Labute approximate surface area is 127 Å². The Balaban J connectivity index is 2.31. The van der Waals surface area contributed by atoms with Crippen LogP contribution in [0.3, 0.4) is 0 Å². The molecule has 0 atom stereocenters. The highest BCUT2D eigenvalue weighted by Crippen LogP contribution is 2.27. The van der Waals surface area contributed by atoms with Gasteiger partial charge in [0.15, 0.2) is 10.9 Å². The van der Waals surface area contributed by atoms with Crippen LogP contribution in [-0.2, 0) is 10.0 Å². The first kappa shape index (κ1) is 15.6. The van der Waals surface area contributed by atoms with E-state index in [2.05, 4.69) is 10.3 Å². The molecule has 2 rings (SSSR count). The number of nitrogens with zero attached hydrogens (tertiary/aromatic N) is 1. The molecule has 0 amide bonds. The number of carbonyl (C=O) groups is 1. The van der Waals surface area contributed by atoms with Gasteiger partial charge in [0, 0.05) is 12.6 Å². The molecule has 21 heavy (non-hydrogen) atoms. The molecule has 3 N–H and O–H groups in total. The van der Waals surface area contributed by atoms with Crippen molar-refractivity contribution in [1.29, 1.82) is 0 Å². The first-order valence-corrected chi connectivity index (χ1v) is 8.43. The number of primary sulfonamides is 1. The van der Waals surface area contributed by atoms with Crippen LogP contribution in [0, 0.1) is 13.8 Å². The minimum Gasteiger partial charge on any atom is -0.332 e. The summed E-state index contributed by atoms with van der Waals surface area (Å²) in [6.45, 7) is 4.93. The Morgan fingerprint density at radius 2 is 2.00 bits per heavy atom. The third-order valence-corrected chi connectivity index (χ3v) is 5.09. The molecule has 0 saturated carbocycles. The summed E-state index contributed by atoms with van der Waals surface area (Å²) in [5.41, 5.74) is 1.90. The molecule has 0 spiro atoms. The van der Waals surface area contributed by atoms with Crippen LogP contribution < -0.4 is 10.5 Å². The molecule has 1 aromatic heterocycles. The van der Waals surface area contributed by atoms with Crippen molar-refractivity contribution in [2.75, 3.05) is 5.32 Å². The Morgan fingerprint density at radius 3 is 2.48 bits per heavy atom. The summed E-state index contributed by atoms with van der Waals surface area (Å²) >= 11 is 1.26. The van der Waals surface area contributed by atoms with E-state index >= 15 is 0 Å². The first-order chi connectivity index (χ1) is 9.68. The van der Waals surface area contributed by atoms with E-state index in [4.69, 9.17) is 5.14 Å². The molecule has 112 valence electrons. The normalized spacial score (nSPS) is 11.4. The SMILES string of the molecule is CC(=O)c1sc(Nc2ccc(S(N)(=O)=O)c(C)c2)nc1C. The van der Waals surface area contributed by atoms with E-state index in [1.54, 1.807) is 26.0 Å². The van der Waals surface area contributed by atoms with Crippen LogP contribution in [0.15, 0.2) is 23.1 Å². The third-order valence-electron chi connectivity index (χ3n) is 2.85. The van der Waals surface area contributed by atoms with E-state index in [0.29, 0.717) is 27.0 Å². The zero-order valence-corrected chi connectivity index (χ0v) is 13.4. The topological polar surface area (TPSA) is 102 Å². The van der Waals surface area contributed by atoms with Crippen LogP contribution in [0.5, 0.6) is 0 Å². The Bertz CT molecular complexity index is 810. The van der Waals surface area contributed by atoms with Gasteiger partial charge in [-0.2, -0.15) is 0 Å². The fraction of sp³-hybridized carbons (Fsp3) is 0.231. The van der Waals surface area contributed by atoms with Crippen molar-refractivity contribution in [2.24, 2.45) is 5.14 Å². The zero-order valence-electron chi connectivity index (χ0n) is 11.8. The summed E-state index contributed by atoms with van der Waals surface area (Å²) < 4.78 is 22.7. The number of aromatic nitrogens is 1. The Kier molecular flexibility index (Phi) is 4.13. The molecular formula is C13H15N3O3S2. The Morgan fingerprint density at radius 1 is 1.33 bits per heavy atom. The number of sulfonamides is 1. The third kappa shape index (κ3) is 3.46. The number of aryl methyl sites for hydroxylation is 2. The minimum absolute atomic E-state index is 0.0289. The summed E-state index contributed by atoms with van der Waals surface area (Å²) in [7, 11) is -3.72. The van der Waals surface area contributed by atoms with Crippen molar-refractivity contribution < 1.29 is 13.2 Å². The molecule has 1 aromatic carbocycles. The van der Waals surface area contributed by atoms with Crippen LogP contribution in [0.25, 0.3) is 0 Å². The van der Waals surface area contributed by atoms with Gasteiger partial charge in [-0.3, -0.25) is 4.79 Å². The van der Waals surface area contributed by atoms with Gasteiger partial charge in [-0.1, -0.05) is 11.3 Å². The standard InChI is InChI=1S/C13H15N3O3S2/c1-7-6-10(4-5-11(7)21(14,18)19)16-13-15-8(2)12(20-13)9(3)17/h4-6H,1-3H3,(H,15,16)(H2,14,18,19). The van der Waals surface area contributed by atoms with Crippen molar-refractivity contribution in [3.8, 4) is 0 Å². The van der Waals surface area contributed by atoms with Crippen molar-refractivity contribution in [3.05, 3.63) is 34.3 Å². The van der Waals surface area contributed by atoms with Crippen molar-refractivity contribution in [3.63, 3.8) is 0 Å². The molecule has 8 heteroatoms. The average Bonchev–Trinajstić information content (AvgIpc) is 2.68. The van der Waals surface area contributed by atoms with Crippen molar-refractivity contribution in [1.82, 2.24) is 4.98 Å². The largest absolute Gasteiger partial charge is 0.332 e. The second-order valence-corrected chi connectivity index (χ2v) is 7.17. The van der Waals surface area contributed by atoms with Crippen LogP contribution >= 0.6 is 11.3 Å². The lowest BCUT2D eigenvalue weighted by Crippen LogP contribution is -2.13.